The Morgan fingerprint density at radius 1 is 1.07 bits per heavy atom. The summed E-state index contributed by atoms with van der Waals surface area (Å²) in [4.78, 5) is 18.9. The topological polar surface area (TPSA) is 45.8 Å². The summed E-state index contributed by atoms with van der Waals surface area (Å²) >= 11 is 1.23. The lowest BCUT2D eigenvalue weighted by Gasteiger charge is -2.06. The van der Waals surface area contributed by atoms with Crippen LogP contribution in [0.15, 0.2) is 75.0 Å². The summed E-state index contributed by atoms with van der Waals surface area (Å²) in [5.74, 6) is -0.922. The minimum atomic E-state index is -0.711. The van der Waals surface area contributed by atoms with Crippen LogP contribution in [0.3, 0.4) is 0 Å². The van der Waals surface area contributed by atoms with Crippen LogP contribution in [0.1, 0.15) is 5.76 Å². The molecule has 1 fully saturated rings. The average molecular weight is 396 g/mol. The molecule has 140 valence electrons. The van der Waals surface area contributed by atoms with E-state index in [2.05, 4.69) is 4.99 Å². The standard InChI is InChI=1S/C21H14F2N2O2S/c1-25-20(26)19(28-21(25)24-14-5-3-2-4-6-14)12-15-8-10-18(27-15)16-9-7-13(22)11-17(16)23/h2-12H,1H3/b19-12+,24-21?. The molecule has 7 heteroatoms. The highest BCUT2D eigenvalue weighted by atomic mass is 32.2. The maximum absolute atomic E-state index is 13.9. The zero-order valence-electron chi connectivity index (χ0n) is 14.7. The molecule has 1 aliphatic heterocycles. The van der Waals surface area contributed by atoms with Crippen LogP contribution < -0.4 is 0 Å². The highest BCUT2D eigenvalue weighted by Gasteiger charge is 2.30. The molecule has 1 amide bonds. The van der Waals surface area contributed by atoms with Gasteiger partial charge in [0.05, 0.1) is 16.2 Å². The average Bonchev–Trinajstić information content (AvgIpc) is 3.24. The Labute approximate surface area is 164 Å². The Hall–Kier alpha value is -3.19. The van der Waals surface area contributed by atoms with Gasteiger partial charge in [0, 0.05) is 19.2 Å². The van der Waals surface area contributed by atoms with Crippen molar-refractivity contribution < 1.29 is 18.0 Å². The normalized spacial score (nSPS) is 17.1. The lowest BCUT2D eigenvalue weighted by Crippen LogP contribution is -2.23. The number of amidine groups is 1. The second kappa shape index (κ2) is 7.44. The summed E-state index contributed by atoms with van der Waals surface area (Å²) in [5, 5.41) is 0.554. The monoisotopic (exact) mass is 396 g/mol. The van der Waals surface area contributed by atoms with E-state index in [-0.39, 0.29) is 17.2 Å². The van der Waals surface area contributed by atoms with Crippen molar-refractivity contribution in [3.05, 3.63) is 83.0 Å². The molecule has 0 N–H and O–H groups in total. The number of likely N-dealkylation sites (N-methyl/N-ethyl adjacent to an activating group) is 1. The number of aliphatic imine (C=N–C) groups is 1. The second-order valence-corrected chi connectivity index (χ2v) is 7.04. The van der Waals surface area contributed by atoms with Gasteiger partial charge in [-0.05, 0) is 48.2 Å². The molecule has 0 spiro atoms. The van der Waals surface area contributed by atoms with Crippen molar-refractivity contribution in [2.75, 3.05) is 7.05 Å². The zero-order valence-corrected chi connectivity index (χ0v) is 15.5. The van der Waals surface area contributed by atoms with Crippen LogP contribution in [-0.2, 0) is 4.79 Å². The highest BCUT2D eigenvalue weighted by Crippen LogP contribution is 2.34. The molecule has 0 unspecified atom stereocenters. The van der Waals surface area contributed by atoms with E-state index in [0.717, 1.165) is 17.8 Å². The smallest absolute Gasteiger partial charge is 0.266 e. The lowest BCUT2D eigenvalue weighted by atomic mass is 10.1. The number of benzene rings is 2. The van der Waals surface area contributed by atoms with Gasteiger partial charge in [0.1, 0.15) is 23.2 Å². The summed E-state index contributed by atoms with van der Waals surface area (Å²) in [6.07, 6.45) is 1.59. The molecule has 2 aromatic carbocycles. The first-order chi connectivity index (χ1) is 13.5. The SMILES string of the molecule is CN1C(=O)/C(=C\c2ccc(-c3ccc(F)cc3F)o2)SC1=Nc1ccccc1. The first kappa shape index (κ1) is 18.2. The molecular weight excluding hydrogens is 382 g/mol. The lowest BCUT2D eigenvalue weighted by molar-refractivity contribution is -0.121. The minimum absolute atomic E-state index is 0.153. The van der Waals surface area contributed by atoms with Gasteiger partial charge in [-0.1, -0.05) is 18.2 Å². The summed E-state index contributed by atoms with van der Waals surface area (Å²) in [7, 11) is 1.65. The maximum Gasteiger partial charge on any atom is 0.266 e. The van der Waals surface area contributed by atoms with Crippen molar-refractivity contribution in [2.24, 2.45) is 4.99 Å². The second-order valence-electron chi connectivity index (χ2n) is 6.03. The molecule has 0 saturated carbocycles. The zero-order chi connectivity index (χ0) is 19.7. The van der Waals surface area contributed by atoms with E-state index in [4.69, 9.17) is 4.42 Å². The van der Waals surface area contributed by atoms with Crippen LogP contribution in [0.25, 0.3) is 17.4 Å². The van der Waals surface area contributed by atoms with Gasteiger partial charge in [0.15, 0.2) is 5.17 Å². The third-order valence-corrected chi connectivity index (χ3v) is 5.14. The fourth-order valence-electron chi connectivity index (χ4n) is 2.66. The van der Waals surface area contributed by atoms with Crippen LogP contribution in [0.5, 0.6) is 0 Å². The predicted molar refractivity (Wildman–Crippen MR) is 106 cm³/mol. The van der Waals surface area contributed by atoms with E-state index in [1.54, 1.807) is 25.3 Å². The van der Waals surface area contributed by atoms with Crippen molar-refractivity contribution in [3.63, 3.8) is 0 Å². The van der Waals surface area contributed by atoms with Crippen molar-refractivity contribution in [3.8, 4) is 11.3 Å². The number of furan rings is 1. The molecule has 0 atom stereocenters. The van der Waals surface area contributed by atoms with E-state index in [1.807, 2.05) is 30.3 Å². The largest absolute Gasteiger partial charge is 0.457 e. The number of rotatable bonds is 3. The molecule has 0 aliphatic carbocycles. The molecular formula is C21H14F2N2O2S. The van der Waals surface area contributed by atoms with Crippen molar-refractivity contribution >= 4 is 34.6 Å². The van der Waals surface area contributed by atoms with Crippen molar-refractivity contribution in [2.45, 2.75) is 0 Å². The van der Waals surface area contributed by atoms with E-state index >= 15 is 0 Å². The van der Waals surface area contributed by atoms with Gasteiger partial charge >= 0.3 is 0 Å². The quantitative estimate of drug-likeness (QED) is 0.553. The number of hydrogen-bond acceptors (Lipinski definition) is 4. The van der Waals surface area contributed by atoms with E-state index < -0.39 is 11.6 Å². The highest BCUT2D eigenvalue weighted by molar-refractivity contribution is 8.18. The molecule has 1 saturated heterocycles. The van der Waals surface area contributed by atoms with Gasteiger partial charge in [0.25, 0.3) is 5.91 Å². The number of amides is 1. The molecule has 4 rings (SSSR count). The fraction of sp³-hybridized carbons (Fsp3) is 0.0476. The molecule has 3 aromatic rings. The molecule has 0 radical (unpaired) electrons. The van der Waals surface area contributed by atoms with Crippen LogP contribution in [0.4, 0.5) is 14.5 Å². The summed E-state index contributed by atoms with van der Waals surface area (Å²) in [6, 6.07) is 15.8. The summed E-state index contributed by atoms with van der Waals surface area (Å²) < 4.78 is 32.6. The molecule has 4 nitrogen and oxygen atoms in total. The molecule has 1 aliphatic rings. The molecule has 0 bridgehead atoms. The summed E-state index contributed by atoms with van der Waals surface area (Å²) in [6.45, 7) is 0. The molecule has 1 aromatic heterocycles. The Morgan fingerprint density at radius 2 is 1.86 bits per heavy atom. The van der Waals surface area contributed by atoms with Crippen LogP contribution >= 0.6 is 11.8 Å². The Morgan fingerprint density at radius 3 is 2.61 bits per heavy atom. The Bertz CT molecular complexity index is 1110. The predicted octanol–water partition coefficient (Wildman–Crippen LogP) is 5.46. The van der Waals surface area contributed by atoms with Crippen LogP contribution in [-0.4, -0.2) is 23.0 Å². The third-order valence-electron chi connectivity index (χ3n) is 4.08. The first-order valence-corrected chi connectivity index (χ1v) is 9.19. The number of para-hydroxylation sites is 1. The van der Waals surface area contributed by atoms with Gasteiger partial charge in [-0.2, -0.15) is 0 Å². The van der Waals surface area contributed by atoms with Gasteiger partial charge in [-0.15, -0.1) is 0 Å². The Balaban J connectivity index is 1.60. The molecule has 28 heavy (non-hydrogen) atoms. The van der Waals surface area contributed by atoms with Gasteiger partial charge in [-0.3, -0.25) is 9.69 Å². The number of hydrogen-bond donors (Lipinski definition) is 0. The van der Waals surface area contributed by atoms with E-state index in [0.29, 0.717) is 15.8 Å². The van der Waals surface area contributed by atoms with Gasteiger partial charge in [-0.25, -0.2) is 13.8 Å². The number of nitrogens with zero attached hydrogens (tertiary/aromatic N) is 2. The number of carbonyl (C=O) groups excluding carboxylic acids is 1. The maximum atomic E-state index is 13.9. The van der Waals surface area contributed by atoms with Crippen molar-refractivity contribution in [1.82, 2.24) is 4.90 Å². The number of halogens is 2. The fourth-order valence-corrected chi connectivity index (χ4v) is 3.63. The minimum Gasteiger partial charge on any atom is -0.457 e. The van der Waals surface area contributed by atoms with Gasteiger partial charge in [0.2, 0.25) is 0 Å². The number of carbonyl (C=O) groups is 1. The van der Waals surface area contributed by atoms with E-state index in [1.165, 1.54) is 22.7 Å². The number of thioether (sulfide) groups is 1. The van der Waals surface area contributed by atoms with Crippen LogP contribution in [0, 0.1) is 11.6 Å². The Kier molecular flexibility index (Phi) is 4.83. The van der Waals surface area contributed by atoms with E-state index in [9.17, 15) is 13.6 Å². The summed E-state index contributed by atoms with van der Waals surface area (Å²) in [5.41, 5.74) is 0.901. The van der Waals surface area contributed by atoms with Crippen molar-refractivity contribution in [1.29, 1.82) is 0 Å². The molecule has 2 heterocycles. The third kappa shape index (κ3) is 3.61. The first-order valence-electron chi connectivity index (χ1n) is 8.38. The van der Waals surface area contributed by atoms with Crippen LogP contribution in [0.2, 0.25) is 0 Å². The van der Waals surface area contributed by atoms with Gasteiger partial charge < -0.3 is 4.42 Å².